The average Bonchev–Trinajstić information content (AvgIpc) is 3.37. The van der Waals surface area contributed by atoms with Gasteiger partial charge in [0.1, 0.15) is 17.2 Å². The molecule has 71 heavy (non-hydrogen) atoms. The van der Waals surface area contributed by atoms with E-state index in [0.717, 1.165) is 42.6 Å². The summed E-state index contributed by atoms with van der Waals surface area (Å²) in [5.41, 5.74) is 1.23. The van der Waals surface area contributed by atoms with Crippen LogP contribution in [0.25, 0.3) is 11.1 Å². The third-order valence-electron chi connectivity index (χ3n) is 12.5. The molecule has 6 rings (SSSR count). The van der Waals surface area contributed by atoms with Crippen molar-refractivity contribution in [2.75, 3.05) is 65.8 Å². The molecule has 0 aromatic heterocycles. The van der Waals surface area contributed by atoms with Crippen molar-refractivity contribution in [1.29, 1.82) is 0 Å². The van der Waals surface area contributed by atoms with Gasteiger partial charge in [0.25, 0.3) is 5.91 Å². The first-order valence-corrected chi connectivity index (χ1v) is 24.7. The number of benzene rings is 4. The minimum Gasteiger partial charge on any atom is -0.462 e. The van der Waals surface area contributed by atoms with E-state index in [9.17, 15) is 24.0 Å². The van der Waals surface area contributed by atoms with Gasteiger partial charge in [-0.3, -0.25) is 24.6 Å². The van der Waals surface area contributed by atoms with Crippen LogP contribution in [0.1, 0.15) is 80.4 Å². The SMILES string of the molecule is CCCCCC(=O)NC(Cc1ccccc1-c1ccccc1)(C(=O)NC(Cc1ccccc1)C(=O)NC(=O)N1CCOCC1)C(CNC(=O)OC(C)(C)C)COC(=O)c1ccc(CN2CCOCC2)cc1. The molecule has 0 saturated carbocycles. The number of unbranched alkanes of at least 4 members (excludes halogenated alkanes) is 2. The predicted octanol–water partition coefficient (Wildman–Crippen LogP) is 6.46. The van der Waals surface area contributed by atoms with Gasteiger partial charge in [-0.05, 0) is 67.1 Å². The van der Waals surface area contributed by atoms with Crippen molar-refractivity contribution in [2.24, 2.45) is 5.92 Å². The van der Waals surface area contributed by atoms with Crippen LogP contribution in [0.4, 0.5) is 9.59 Å². The molecule has 2 aliphatic heterocycles. The zero-order chi connectivity index (χ0) is 50.6. The van der Waals surface area contributed by atoms with Gasteiger partial charge < -0.3 is 39.8 Å². The molecular formula is C55H70N6O10. The smallest absolute Gasteiger partial charge is 0.407 e. The lowest BCUT2D eigenvalue weighted by Gasteiger charge is -2.41. The number of morpholine rings is 2. The molecule has 0 spiro atoms. The monoisotopic (exact) mass is 975 g/mol. The molecule has 2 fully saturated rings. The van der Waals surface area contributed by atoms with Crippen LogP contribution in [-0.4, -0.2) is 129 Å². The first kappa shape index (κ1) is 53.7. The number of carbonyl (C=O) groups excluding carboxylic acids is 6. The number of imide groups is 1. The highest BCUT2D eigenvalue weighted by Gasteiger charge is 2.49. The zero-order valence-electron chi connectivity index (χ0n) is 41.5. The number of amides is 6. The van der Waals surface area contributed by atoms with Gasteiger partial charge in [0.15, 0.2) is 0 Å². The first-order valence-electron chi connectivity index (χ1n) is 24.7. The van der Waals surface area contributed by atoms with E-state index in [0.29, 0.717) is 50.5 Å². The highest BCUT2D eigenvalue weighted by Crippen LogP contribution is 2.32. The number of nitrogens with one attached hydrogen (secondary N) is 4. The lowest BCUT2D eigenvalue weighted by atomic mass is 9.76. The van der Waals surface area contributed by atoms with Crippen molar-refractivity contribution in [3.63, 3.8) is 0 Å². The highest BCUT2D eigenvalue weighted by molar-refractivity contribution is 6.01. The number of rotatable bonds is 21. The van der Waals surface area contributed by atoms with Gasteiger partial charge in [-0.15, -0.1) is 0 Å². The summed E-state index contributed by atoms with van der Waals surface area (Å²) < 4.78 is 22.7. The molecule has 0 bridgehead atoms. The van der Waals surface area contributed by atoms with Crippen LogP contribution in [0, 0.1) is 5.92 Å². The molecule has 4 aromatic rings. The van der Waals surface area contributed by atoms with Crippen LogP contribution in [0.5, 0.6) is 0 Å². The normalized spacial score (nSPS) is 15.8. The number of hydrogen-bond donors (Lipinski definition) is 4. The largest absolute Gasteiger partial charge is 0.462 e. The molecule has 16 nitrogen and oxygen atoms in total. The Hall–Kier alpha value is -6.62. The number of nitrogens with zero attached hydrogens (tertiary/aromatic N) is 2. The van der Waals surface area contributed by atoms with Crippen molar-refractivity contribution < 1.29 is 47.7 Å². The Labute approximate surface area is 417 Å². The van der Waals surface area contributed by atoms with Crippen molar-refractivity contribution in [3.8, 4) is 11.1 Å². The van der Waals surface area contributed by atoms with Gasteiger partial charge in [-0.2, -0.15) is 0 Å². The van der Waals surface area contributed by atoms with Crippen molar-refractivity contribution >= 4 is 35.8 Å². The third-order valence-corrected chi connectivity index (χ3v) is 12.5. The summed E-state index contributed by atoms with van der Waals surface area (Å²) in [7, 11) is 0. The van der Waals surface area contributed by atoms with Crippen molar-refractivity contribution in [1.82, 2.24) is 31.1 Å². The Balaban J connectivity index is 1.45. The number of hydrogen-bond acceptors (Lipinski definition) is 11. The van der Waals surface area contributed by atoms with Gasteiger partial charge in [-0.25, -0.2) is 14.4 Å². The molecule has 3 atom stereocenters. The maximum atomic E-state index is 16.0. The maximum Gasteiger partial charge on any atom is 0.407 e. The minimum atomic E-state index is -2.05. The number of alkyl carbamates (subject to hydrolysis) is 1. The summed E-state index contributed by atoms with van der Waals surface area (Å²) in [4.78, 5) is 89.9. The molecule has 3 unspecified atom stereocenters. The summed E-state index contributed by atoms with van der Waals surface area (Å²) in [5, 5.41) is 11.4. The molecule has 2 aliphatic rings. The highest BCUT2D eigenvalue weighted by atomic mass is 16.6. The number of ether oxygens (including phenoxy) is 4. The van der Waals surface area contributed by atoms with Crippen LogP contribution < -0.4 is 21.3 Å². The minimum absolute atomic E-state index is 0.0344. The first-order chi connectivity index (χ1) is 34.2. The summed E-state index contributed by atoms with van der Waals surface area (Å²) in [6.45, 7) is 11.1. The van der Waals surface area contributed by atoms with Gasteiger partial charge in [0.05, 0.1) is 38.6 Å². The van der Waals surface area contributed by atoms with Gasteiger partial charge in [-0.1, -0.05) is 117 Å². The van der Waals surface area contributed by atoms with Gasteiger partial charge >= 0.3 is 18.1 Å². The summed E-state index contributed by atoms with van der Waals surface area (Å²) >= 11 is 0. The summed E-state index contributed by atoms with van der Waals surface area (Å²) in [6.07, 6.45) is 1.11. The summed E-state index contributed by atoms with van der Waals surface area (Å²) in [6, 6.07) is 31.2. The van der Waals surface area contributed by atoms with E-state index in [-0.39, 0.29) is 44.5 Å². The van der Waals surface area contributed by atoms with E-state index in [1.54, 1.807) is 57.2 Å². The van der Waals surface area contributed by atoms with Crippen molar-refractivity contribution in [2.45, 2.75) is 89.9 Å². The van der Waals surface area contributed by atoms with Crippen molar-refractivity contribution in [3.05, 3.63) is 131 Å². The van der Waals surface area contributed by atoms with E-state index in [4.69, 9.17) is 18.9 Å². The van der Waals surface area contributed by atoms with Crippen LogP contribution in [0.3, 0.4) is 0 Å². The molecule has 4 aromatic carbocycles. The molecule has 2 saturated heterocycles. The fourth-order valence-corrected chi connectivity index (χ4v) is 8.64. The number of esters is 1. The second-order valence-corrected chi connectivity index (χ2v) is 19.0. The van der Waals surface area contributed by atoms with Crippen LogP contribution in [0.15, 0.2) is 109 Å². The van der Waals surface area contributed by atoms with E-state index >= 15 is 4.79 Å². The quantitative estimate of drug-likeness (QED) is 0.0529. The Morgan fingerprint density at radius 1 is 0.732 bits per heavy atom. The lowest BCUT2D eigenvalue weighted by molar-refractivity contribution is -0.139. The second kappa shape index (κ2) is 26.6. The van der Waals surface area contributed by atoms with E-state index in [2.05, 4.69) is 26.2 Å². The van der Waals surface area contributed by atoms with E-state index in [1.165, 1.54) is 4.90 Å². The van der Waals surface area contributed by atoms with E-state index < -0.39 is 65.5 Å². The third kappa shape index (κ3) is 16.5. The Morgan fingerprint density at radius 2 is 1.37 bits per heavy atom. The number of carbonyl (C=O) groups is 6. The molecule has 4 N–H and O–H groups in total. The predicted molar refractivity (Wildman–Crippen MR) is 269 cm³/mol. The standard InChI is InChI=1S/C55H70N6O10/c1-5-6-9-22-48(62)59-55(36-44-20-14-15-21-46(44)42-18-12-8-13-19-42,51(65)57-47(35-40-16-10-7-11-17-40)49(63)58-52(66)61-29-33-69-34-30-61)45(37-56-53(67)71-54(2,3)4)39-70-50(64)43-25-23-41(24-26-43)38-60-27-31-68-32-28-60/h7-8,10-21,23-26,45,47H,5-6,9,22,27-39H2,1-4H3,(H,56,67)(H,57,65)(H,59,62)(H,58,63,66). The lowest BCUT2D eigenvalue weighted by Crippen LogP contribution is -2.69. The van der Waals surface area contributed by atoms with Crippen LogP contribution >= 0.6 is 0 Å². The second-order valence-electron chi connectivity index (χ2n) is 19.0. The molecule has 380 valence electrons. The molecule has 16 heteroatoms. The molecular weight excluding hydrogens is 905 g/mol. The molecule has 0 radical (unpaired) electrons. The Bertz CT molecular complexity index is 2370. The maximum absolute atomic E-state index is 16.0. The van der Waals surface area contributed by atoms with Gasteiger partial charge in [0.2, 0.25) is 11.8 Å². The topological polar surface area (TPSA) is 194 Å². The average molecular weight is 975 g/mol. The molecule has 0 aliphatic carbocycles. The molecule has 2 heterocycles. The Morgan fingerprint density at radius 3 is 2.03 bits per heavy atom. The van der Waals surface area contributed by atoms with Gasteiger partial charge in [0, 0.05) is 64.4 Å². The fourth-order valence-electron chi connectivity index (χ4n) is 8.64. The Kier molecular flexibility index (Phi) is 20.1. The zero-order valence-corrected chi connectivity index (χ0v) is 41.5. The fraction of sp³-hybridized carbons (Fsp3) is 0.455. The van der Waals surface area contributed by atoms with Crippen LogP contribution in [-0.2, 0) is 52.7 Å². The number of urea groups is 1. The van der Waals surface area contributed by atoms with Crippen LogP contribution in [0.2, 0.25) is 0 Å². The molecule has 6 amide bonds. The summed E-state index contributed by atoms with van der Waals surface area (Å²) in [5.74, 6) is -3.95. The van der Waals surface area contributed by atoms with E-state index in [1.807, 2.05) is 79.7 Å².